The summed E-state index contributed by atoms with van der Waals surface area (Å²) in [5.41, 5.74) is 2.18. The summed E-state index contributed by atoms with van der Waals surface area (Å²) in [6, 6.07) is 5.45. The van der Waals surface area contributed by atoms with Gasteiger partial charge in [0.1, 0.15) is 0 Å². The second-order valence-electron chi connectivity index (χ2n) is 4.96. The summed E-state index contributed by atoms with van der Waals surface area (Å²) in [5, 5.41) is 11.6. The summed E-state index contributed by atoms with van der Waals surface area (Å²) in [4.78, 5) is 22.8. The Morgan fingerprint density at radius 1 is 1.38 bits per heavy atom. The number of amides is 1. The van der Waals surface area contributed by atoms with E-state index in [0.717, 1.165) is 23.8 Å². The number of benzene rings is 1. The largest absolute Gasteiger partial charge is 0.478 e. The molecular formula is C16H21NO3S. The lowest BCUT2D eigenvalue weighted by Crippen LogP contribution is -2.33. The van der Waals surface area contributed by atoms with Crippen LogP contribution < -0.4 is 5.32 Å². The van der Waals surface area contributed by atoms with Gasteiger partial charge in [0.15, 0.2) is 0 Å². The first-order valence-electron chi connectivity index (χ1n) is 6.75. The highest BCUT2D eigenvalue weighted by Gasteiger charge is 2.10. The van der Waals surface area contributed by atoms with E-state index >= 15 is 0 Å². The second kappa shape index (κ2) is 8.52. The van der Waals surface area contributed by atoms with Crippen molar-refractivity contribution in [1.29, 1.82) is 0 Å². The Bertz CT molecular complexity index is 540. The molecule has 5 heteroatoms. The van der Waals surface area contributed by atoms with Gasteiger partial charge in [0.25, 0.3) is 5.91 Å². The first-order chi connectivity index (χ1) is 9.92. The lowest BCUT2D eigenvalue weighted by atomic mass is 10.0. The first-order valence-corrected chi connectivity index (χ1v) is 8.14. The van der Waals surface area contributed by atoms with Gasteiger partial charge in [-0.25, -0.2) is 4.79 Å². The maximum Gasteiger partial charge on any atom is 0.328 e. The predicted molar refractivity (Wildman–Crippen MR) is 87.8 cm³/mol. The van der Waals surface area contributed by atoms with Crippen molar-refractivity contribution < 1.29 is 14.7 Å². The molecule has 1 rings (SSSR count). The molecule has 0 bridgehead atoms. The maximum atomic E-state index is 12.2. The second-order valence-corrected chi connectivity index (χ2v) is 5.95. The fraction of sp³-hybridized carbons (Fsp3) is 0.375. The lowest BCUT2D eigenvalue weighted by Gasteiger charge is -2.14. The highest BCUT2D eigenvalue weighted by Crippen LogP contribution is 2.12. The summed E-state index contributed by atoms with van der Waals surface area (Å²) < 4.78 is 0. The van der Waals surface area contributed by atoms with Gasteiger partial charge in [-0.3, -0.25) is 4.79 Å². The molecule has 0 aliphatic carbocycles. The topological polar surface area (TPSA) is 66.4 Å². The molecule has 0 heterocycles. The van der Waals surface area contributed by atoms with Crippen LogP contribution >= 0.6 is 11.8 Å². The quantitative estimate of drug-likeness (QED) is 0.760. The minimum atomic E-state index is -1.01. The van der Waals surface area contributed by atoms with Gasteiger partial charge in [-0.2, -0.15) is 11.8 Å². The zero-order valence-corrected chi connectivity index (χ0v) is 13.4. The van der Waals surface area contributed by atoms with E-state index in [9.17, 15) is 9.59 Å². The van der Waals surface area contributed by atoms with E-state index in [0.29, 0.717) is 11.1 Å². The molecule has 1 aromatic rings. The van der Waals surface area contributed by atoms with Crippen molar-refractivity contribution in [1.82, 2.24) is 5.32 Å². The van der Waals surface area contributed by atoms with Crippen LogP contribution in [0.15, 0.2) is 24.3 Å². The average molecular weight is 307 g/mol. The first kappa shape index (κ1) is 17.3. The molecule has 1 unspecified atom stereocenters. The van der Waals surface area contributed by atoms with E-state index in [1.807, 2.05) is 26.2 Å². The van der Waals surface area contributed by atoms with E-state index in [4.69, 9.17) is 5.11 Å². The van der Waals surface area contributed by atoms with Crippen LogP contribution in [0.3, 0.4) is 0 Å². The number of carboxylic acids is 1. The average Bonchev–Trinajstić information content (AvgIpc) is 2.42. The zero-order chi connectivity index (χ0) is 15.8. The fourth-order valence-corrected chi connectivity index (χ4v) is 2.47. The molecule has 114 valence electrons. The van der Waals surface area contributed by atoms with Gasteiger partial charge in [-0.05, 0) is 61.6 Å². The van der Waals surface area contributed by atoms with Gasteiger partial charge in [0.05, 0.1) is 0 Å². The maximum absolute atomic E-state index is 12.2. The van der Waals surface area contributed by atoms with Crippen LogP contribution in [-0.4, -0.2) is 35.0 Å². The molecule has 1 aromatic carbocycles. The summed E-state index contributed by atoms with van der Waals surface area (Å²) in [7, 11) is 0. The van der Waals surface area contributed by atoms with Crippen molar-refractivity contribution in [3.05, 3.63) is 41.0 Å². The van der Waals surface area contributed by atoms with Gasteiger partial charge >= 0.3 is 5.97 Å². The number of aliphatic carboxylic acids is 1. The van der Waals surface area contributed by atoms with E-state index in [2.05, 4.69) is 5.32 Å². The number of carboxylic acid groups (broad SMARTS) is 1. The Hall–Kier alpha value is -1.75. The molecule has 0 aromatic heterocycles. The van der Waals surface area contributed by atoms with Gasteiger partial charge in [0, 0.05) is 17.7 Å². The van der Waals surface area contributed by atoms with Crippen LogP contribution in [0.4, 0.5) is 0 Å². The third-order valence-electron chi connectivity index (χ3n) is 2.91. The Labute approximate surface area is 129 Å². The van der Waals surface area contributed by atoms with Gasteiger partial charge in [-0.1, -0.05) is 6.07 Å². The Kier molecular flexibility index (Phi) is 7.02. The van der Waals surface area contributed by atoms with Gasteiger partial charge < -0.3 is 10.4 Å². The van der Waals surface area contributed by atoms with Crippen molar-refractivity contribution in [3.63, 3.8) is 0 Å². The minimum absolute atomic E-state index is 0.114. The van der Waals surface area contributed by atoms with E-state index in [1.165, 1.54) is 6.08 Å². The molecule has 1 atom stereocenters. The van der Waals surface area contributed by atoms with Gasteiger partial charge in [-0.15, -0.1) is 0 Å². The minimum Gasteiger partial charge on any atom is -0.478 e. The normalized spacial score (nSPS) is 12.3. The third-order valence-corrected chi connectivity index (χ3v) is 3.56. The summed E-state index contributed by atoms with van der Waals surface area (Å²) >= 11 is 1.75. The number of hydrogen-bond donors (Lipinski definition) is 2. The number of carbonyl (C=O) groups excluding carboxylic acids is 1. The third kappa shape index (κ3) is 6.49. The highest BCUT2D eigenvalue weighted by molar-refractivity contribution is 7.98. The molecule has 0 fully saturated rings. The molecule has 0 radical (unpaired) electrons. The Morgan fingerprint density at radius 2 is 2.10 bits per heavy atom. The van der Waals surface area contributed by atoms with Crippen molar-refractivity contribution in [2.75, 3.05) is 12.0 Å². The van der Waals surface area contributed by atoms with Crippen molar-refractivity contribution in [2.45, 2.75) is 26.3 Å². The monoisotopic (exact) mass is 307 g/mol. The van der Waals surface area contributed by atoms with Crippen molar-refractivity contribution >= 4 is 29.7 Å². The van der Waals surface area contributed by atoms with Crippen LogP contribution in [0.25, 0.3) is 6.08 Å². The number of carbonyl (C=O) groups is 2. The molecule has 2 N–H and O–H groups in total. The van der Waals surface area contributed by atoms with Crippen LogP contribution in [0.5, 0.6) is 0 Å². The molecule has 0 saturated heterocycles. The summed E-state index contributed by atoms with van der Waals surface area (Å²) in [6.45, 7) is 3.86. The lowest BCUT2D eigenvalue weighted by molar-refractivity contribution is -0.131. The zero-order valence-electron chi connectivity index (χ0n) is 12.6. The number of nitrogens with one attached hydrogen (secondary N) is 1. The molecule has 1 amide bonds. The van der Waals surface area contributed by atoms with E-state index in [1.54, 1.807) is 23.9 Å². The standard InChI is InChI=1S/C16H21NO3S/c1-11-8-13(4-5-15(18)19)10-14(9-11)16(20)17-12(2)6-7-21-3/h4-5,8-10,12H,6-7H2,1-3H3,(H,17,20)(H,18,19)/b5-4+. The molecule has 21 heavy (non-hydrogen) atoms. The number of thioether (sulfide) groups is 1. The molecule has 4 nitrogen and oxygen atoms in total. The predicted octanol–water partition coefficient (Wildman–Crippen LogP) is 2.96. The van der Waals surface area contributed by atoms with Crippen LogP contribution in [-0.2, 0) is 4.79 Å². The number of aryl methyl sites for hydroxylation is 1. The number of rotatable bonds is 7. The Balaban J connectivity index is 2.82. The smallest absolute Gasteiger partial charge is 0.328 e. The van der Waals surface area contributed by atoms with Crippen molar-refractivity contribution in [2.24, 2.45) is 0 Å². The molecule has 0 aliphatic heterocycles. The molecule has 0 spiro atoms. The highest BCUT2D eigenvalue weighted by atomic mass is 32.2. The van der Waals surface area contributed by atoms with Gasteiger partial charge in [0.2, 0.25) is 0 Å². The summed E-state index contributed by atoms with van der Waals surface area (Å²) in [6.07, 6.45) is 5.52. The fourth-order valence-electron chi connectivity index (χ4n) is 1.88. The van der Waals surface area contributed by atoms with Crippen LogP contribution in [0.2, 0.25) is 0 Å². The SMILES string of the molecule is CSCCC(C)NC(=O)c1cc(C)cc(/C=C/C(=O)O)c1. The van der Waals surface area contributed by atoms with E-state index in [-0.39, 0.29) is 11.9 Å². The molecule has 0 aliphatic rings. The Morgan fingerprint density at radius 3 is 2.71 bits per heavy atom. The summed E-state index contributed by atoms with van der Waals surface area (Å²) in [5.74, 6) is -0.132. The molecular weight excluding hydrogens is 286 g/mol. The van der Waals surface area contributed by atoms with E-state index < -0.39 is 5.97 Å². The molecule has 0 saturated carbocycles. The van der Waals surface area contributed by atoms with Crippen LogP contribution in [0, 0.1) is 6.92 Å². The van der Waals surface area contributed by atoms with Crippen LogP contribution in [0.1, 0.15) is 34.8 Å². The number of hydrogen-bond acceptors (Lipinski definition) is 3. The van der Waals surface area contributed by atoms with Crippen molar-refractivity contribution in [3.8, 4) is 0 Å².